The number of hydrogen-bond donors (Lipinski definition) is 1. The first-order valence-electron chi connectivity index (χ1n) is 8.47. The molecule has 5 nitrogen and oxygen atoms in total. The first kappa shape index (κ1) is 21.6. The Bertz CT molecular complexity index is 1110. The molecule has 30 heavy (non-hydrogen) atoms. The lowest BCUT2D eigenvalue weighted by Gasteiger charge is -2.07. The van der Waals surface area contributed by atoms with E-state index in [1.54, 1.807) is 0 Å². The Kier molecular flexibility index (Phi) is 6.01. The first-order valence-corrected chi connectivity index (χ1v) is 9.24. The standard InChI is InChI=1S/C19H14F5N3O2S/c1-9(16(20)21)6-15-25-18(30-27-15)26-17(28)13-8-14(29-10(13)2)11-4-3-5-12(7-11)19(22,23)24/h3-5,7-8H,6H2,1-2H3,(H,25,26,27,28). The Morgan fingerprint density at radius 3 is 2.63 bits per heavy atom. The van der Waals surface area contributed by atoms with Gasteiger partial charge in [0.25, 0.3) is 12.0 Å². The van der Waals surface area contributed by atoms with Crippen molar-refractivity contribution >= 4 is 22.6 Å². The van der Waals surface area contributed by atoms with Gasteiger partial charge >= 0.3 is 6.18 Å². The van der Waals surface area contributed by atoms with Gasteiger partial charge in [0.15, 0.2) is 0 Å². The van der Waals surface area contributed by atoms with Crippen molar-refractivity contribution in [2.45, 2.75) is 26.4 Å². The molecule has 0 saturated carbocycles. The zero-order valence-electron chi connectivity index (χ0n) is 15.6. The summed E-state index contributed by atoms with van der Waals surface area (Å²) in [5.74, 6) is -0.181. The van der Waals surface area contributed by atoms with E-state index in [1.807, 2.05) is 0 Å². The molecule has 0 spiro atoms. The predicted octanol–water partition coefficient (Wildman–Crippen LogP) is 6.09. The SMILES string of the molecule is CC(Cc1nsc(NC(=O)c2cc(-c3cccc(C(F)(F)F)c3)oc2C)n1)=C(F)F. The number of nitrogens with one attached hydrogen (secondary N) is 1. The topological polar surface area (TPSA) is 68.0 Å². The van der Waals surface area contributed by atoms with E-state index in [-0.39, 0.29) is 45.6 Å². The number of hydrogen-bond acceptors (Lipinski definition) is 5. The summed E-state index contributed by atoms with van der Waals surface area (Å²) in [6.45, 7) is 2.74. The van der Waals surface area contributed by atoms with Crippen LogP contribution in [0.25, 0.3) is 11.3 Å². The number of anilines is 1. The molecule has 0 aliphatic carbocycles. The maximum Gasteiger partial charge on any atom is 0.416 e. The zero-order valence-corrected chi connectivity index (χ0v) is 16.4. The number of furan rings is 1. The van der Waals surface area contributed by atoms with E-state index in [9.17, 15) is 26.7 Å². The summed E-state index contributed by atoms with van der Waals surface area (Å²) in [5, 5.41) is 2.59. The second kappa shape index (κ2) is 8.34. The highest BCUT2D eigenvalue weighted by molar-refractivity contribution is 7.09. The molecule has 2 aromatic heterocycles. The number of carbonyl (C=O) groups is 1. The van der Waals surface area contributed by atoms with E-state index in [4.69, 9.17) is 4.42 Å². The van der Waals surface area contributed by atoms with Gasteiger partial charge in [-0.3, -0.25) is 10.1 Å². The van der Waals surface area contributed by atoms with Crippen LogP contribution in [0.1, 0.15) is 34.4 Å². The number of aryl methyl sites for hydroxylation is 1. The summed E-state index contributed by atoms with van der Waals surface area (Å²) >= 11 is 0.824. The van der Waals surface area contributed by atoms with Crippen LogP contribution in [0.4, 0.5) is 27.1 Å². The number of carbonyl (C=O) groups excluding carboxylic acids is 1. The zero-order chi connectivity index (χ0) is 22.1. The van der Waals surface area contributed by atoms with Gasteiger partial charge in [-0.05, 0) is 37.6 Å². The van der Waals surface area contributed by atoms with Gasteiger partial charge in [0.2, 0.25) is 5.13 Å². The summed E-state index contributed by atoms with van der Waals surface area (Å²) < 4.78 is 73.1. The van der Waals surface area contributed by atoms with E-state index in [2.05, 4.69) is 14.7 Å². The lowest BCUT2D eigenvalue weighted by Crippen LogP contribution is -2.12. The number of rotatable bonds is 5. The fourth-order valence-electron chi connectivity index (χ4n) is 2.54. The van der Waals surface area contributed by atoms with Crippen molar-refractivity contribution < 1.29 is 31.2 Å². The van der Waals surface area contributed by atoms with Gasteiger partial charge in [-0.15, -0.1) is 0 Å². The molecule has 0 radical (unpaired) electrons. The van der Waals surface area contributed by atoms with E-state index in [0.717, 1.165) is 23.7 Å². The molecular formula is C19H14F5N3O2S. The number of benzene rings is 1. The fraction of sp³-hybridized carbons (Fsp3) is 0.211. The summed E-state index contributed by atoms with van der Waals surface area (Å²) in [6, 6.07) is 5.87. The van der Waals surface area contributed by atoms with Crippen LogP contribution in [0.2, 0.25) is 0 Å². The Hall–Kier alpha value is -3.08. The molecular weight excluding hydrogens is 429 g/mol. The van der Waals surface area contributed by atoms with Gasteiger partial charge in [-0.2, -0.15) is 26.3 Å². The van der Waals surface area contributed by atoms with Crippen LogP contribution in [-0.2, 0) is 12.6 Å². The molecule has 1 amide bonds. The molecule has 0 unspecified atom stereocenters. The van der Waals surface area contributed by atoms with Crippen molar-refractivity contribution in [1.29, 1.82) is 0 Å². The van der Waals surface area contributed by atoms with Crippen LogP contribution in [0, 0.1) is 6.92 Å². The highest BCUT2D eigenvalue weighted by Gasteiger charge is 2.31. The highest BCUT2D eigenvalue weighted by Crippen LogP contribution is 2.33. The quantitative estimate of drug-likeness (QED) is 0.485. The number of allylic oxidation sites excluding steroid dienone is 1. The van der Waals surface area contributed by atoms with Crippen LogP contribution in [-0.4, -0.2) is 15.3 Å². The van der Waals surface area contributed by atoms with E-state index < -0.39 is 23.7 Å². The number of aromatic nitrogens is 2. The molecule has 0 aliphatic heterocycles. The molecule has 0 fully saturated rings. The van der Waals surface area contributed by atoms with E-state index >= 15 is 0 Å². The molecule has 3 rings (SSSR count). The third-order valence-corrected chi connectivity index (χ3v) is 4.74. The van der Waals surface area contributed by atoms with Crippen LogP contribution < -0.4 is 5.32 Å². The van der Waals surface area contributed by atoms with Crippen molar-refractivity contribution in [1.82, 2.24) is 9.36 Å². The molecule has 11 heteroatoms. The smallest absolute Gasteiger partial charge is 0.416 e. The Morgan fingerprint density at radius 2 is 1.97 bits per heavy atom. The summed E-state index contributed by atoms with van der Waals surface area (Å²) in [4.78, 5) is 16.5. The van der Waals surface area contributed by atoms with Crippen LogP contribution in [0.15, 0.2) is 46.4 Å². The minimum Gasteiger partial charge on any atom is -0.461 e. The predicted molar refractivity (Wildman–Crippen MR) is 100 cm³/mol. The molecule has 2 heterocycles. The number of nitrogens with zero attached hydrogens (tertiary/aromatic N) is 2. The lowest BCUT2D eigenvalue weighted by molar-refractivity contribution is -0.137. The van der Waals surface area contributed by atoms with Gasteiger partial charge in [0.1, 0.15) is 17.3 Å². The molecule has 0 saturated heterocycles. The minimum atomic E-state index is -4.51. The first-order chi connectivity index (χ1) is 14.0. The Morgan fingerprint density at radius 1 is 1.23 bits per heavy atom. The van der Waals surface area contributed by atoms with E-state index in [1.165, 1.54) is 32.0 Å². The second-order valence-electron chi connectivity index (χ2n) is 6.35. The van der Waals surface area contributed by atoms with Gasteiger partial charge < -0.3 is 4.42 Å². The molecule has 3 aromatic rings. The van der Waals surface area contributed by atoms with Crippen molar-refractivity contribution in [3.63, 3.8) is 0 Å². The summed E-state index contributed by atoms with van der Waals surface area (Å²) in [7, 11) is 0. The third kappa shape index (κ3) is 4.90. The van der Waals surface area contributed by atoms with Gasteiger partial charge in [0.05, 0.1) is 11.1 Å². The van der Waals surface area contributed by atoms with Crippen molar-refractivity contribution in [2.75, 3.05) is 5.32 Å². The average Bonchev–Trinajstić information content (AvgIpc) is 3.27. The van der Waals surface area contributed by atoms with Gasteiger partial charge in [-0.25, -0.2) is 4.98 Å². The molecule has 0 bridgehead atoms. The van der Waals surface area contributed by atoms with Crippen molar-refractivity contribution in [2.24, 2.45) is 0 Å². The minimum absolute atomic E-state index is 0.0980. The van der Waals surface area contributed by atoms with Crippen LogP contribution in [0.3, 0.4) is 0 Å². The highest BCUT2D eigenvalue weighted by atomic mass is 32.1. The van der Waals surface area contributed by atoms with Crippen LogP contribution in [0.5, 0.6) is 0 Å². The Balaban J connectivity index is 1.78. The fourth-order valence-corrected chi connectivity index (χ4v) is 3.13. The van der Waals surface area contributed by atoms with Crippen molar-refractivity contribution in [3.8, 4) is 11.3 Å². The normalized spacial score (nSPS) is 11.4. The second-order valence-corrected chi connectivity index (χ2v) is 7.10. The third-order valence-electron chi connectivity index (χ3n) is 4.07. The van der Waals surface area contributed by atoms with Crippen molar-refractivity contribution in [3.05, 3.63) is 64.7 Å². The monoisotopic (exact) mass is 443 g/mol. The molecule has 158 valence electrons. The molecule has 1 aromatic carbocycles. The van der Waals surface area contributed by atoms with Crippen LogP contribution >= 0.6 is 11.5 Å². The number of amides is 1. The average molecular weight is 443 g/mol. The maximum absolute atomic E-state index is 12.9. The van der Waals surface area contributed by atoms with Gasteiger partial charge in [-0.1, -0.05) is 12.1 Å². The summed E-state index contributed by atoms with van der Waals surface area (Å²) in [6.07, 6.45) is -6.47. The summed E-state index contributed by atoms with van der Waals surface area (Å²) in [5.41, 5.74) is -0.747. The number of alkyl halides is 3. The maximum atomic E-state index is 12.9. The molecule has 1 N–H and O–H groups in total. The lowest BCUT2D eigenvalue weighted by atomic mass is 10.1. The number of halogens is 5. The Labute approximate surface area is 171 Å². The molecule has 0 aliphatic rings. The van der Waals surface area contributed by atoms with Gasteiger partial charge in [0, 0.05) is 23.5 Å². The van der Waals surface area contributed by atoms with E-state index in [0.29, 0.717) is 0 Å². The largest absolute Gasteiger partial charge is 0.461 e. The molecule has 0 atom stereocenters.